The van der Waals surface area contributed by atoms with Gasteiger partial charge in [0.2, 0.25) is 0 Å². The number of aromatic hydroxyl groups is 1. The number of benzene rings is 2. The Morgan fingerprint density at radius 3 is 2.21 bits per heavy atom. The summed E-state index contributed by atoms with van der Waals surface area (Å²) < 4.78 is 13.7. The van der Waals surface area contributed by atoms with Crippen LogP contribution in [-0.2, 0) is 0 Å². The van der Waals surface area contributed by atoms with Crippen LogP contribution in [0.25, 0.3) is 0 Å². The molecule has 0 heterocycles. The fraction of sp³-hybridized carbons (Fsp3) is 0.200. The maximum absolute atomic E-state index is 13.7. The molecular weight excluding hydrogens is 274 g/mol. The van der Waals surface area contributed by atoms with Crippen LogP contribution in [-0.4, -0.2) is 13.2 Å². The van der Waals surface area contributed by atoms with E-state index >= 15 is 0 Å². The third kappa shape index (κ3) is 3.23. The molecule has 0 radical (unpaired) electrons. The molecule has 2 aromatic rings. The lowest BCUT2D eigenvalue weighted by Crippen LogP contribution is -2.39. The minimum absolute atomic E-state index is 0.147. The van der Waals surface area contributed by atoms with E-state index in [0.29, 0.717) is 11.1 Å². The van der Waals surface area contributed by atoms with Crippen molar-refractivity contribution in [1.29, 1.82) is 0 Å². The molecule has 0 amide bonds. The lowest BCUT2D eigenvalue weighted by molar-refractivity contribution is 0.483. The zero-order valence-electron chi connectivity index (χ0n) is 11.4. The Kier molecular flexibility index (Phi) is 4.07. The minimum atomic E-state index is -1.58. The summed E-state index contributed by atoms with van der Waals surface area (Å²) in [5.74, 6) is 0.141. The summed E-state index contributed by atoms with van der Waals surface area (Å²) >= 11 is 0. The predicted octanol–water partition coefficient (Wildman–Crippen LogP) is 2.71. The maximum atomic E-state index is 13.7. The van der Waals surface area contributed by atoms with Gasteiger partial charge in [-0.3, -0.25) is 0 Å². The van der Waals surface area contributed by atoms with Gasteiger partial charge in [-0.15, -0.1) is 0 Å². The van der Waals surface area contributed by atoms with Crippen molar-refractivity contribution < 1.29 is 9.50 Å². The molecule has 0 aliphatic carbocycles. The summed E-state index contributed by atoms with van der Waals surface area (Å²) in [5, 5.41) is 12.9. The number of phenolic OH excluding ortho intramolecular Hbond substituents is 1. The number of halogens is 1. The van der Waals surface area contributed by atoms with Gasteiger partial charge in [-0.2, -0.15) is 0 Å². The van der Waals surface area contributed by atoms with E-state index in [1.54, 1.807) is 12.1 Å². The first-order valence-electron chi connectivity index (χ1n) is 6.23. The Morgan fingerprint density at radius 2 is 1.58 bits per heavy atom. The van der Waals surface area contributed by atoms with Crippen LogP contribution in [0.1, 0.15) is 0 Å². The van der Waals surface area contributed by atoms with Gasteiger partial charge in [0, 0.05) is 10.6 Å². The van der Waals surface area contributed by atoms with Gasteiger partial charge in [0.05, 0.1) is 8.07 Å². The van der Waals surface area contributed by atoms with Crippen molar-refractivity contribution in [1.82, 2.24) is 0 Å². The summed E-state index contributed by atoms with van der Waals surface area (Å²) in [6, 6.07) is 12.6. The molecule has 0 saturated carbocycles. The Hall–Kier alpha value is -1.18. The third-order valence-electron chi connectivity index (χ3n) is 2.99. The molecule has 2 rings (SSSR count). The highest BCUT2D eigenvalue weighted by atomic mass is 31.1. The quantitative estimate of drug-likeness (QED) is 0.681. The summed E-state index contributed by atoms with van der Waals surface area (Å²) in [7, 11) is -1.43. The Morgan fingerprint density at radius 1 is 0.947 bits per heavy atom. The van der Waals surface area contributed by atoms with Crippen LogP contribution in [0, 0.1) is 5.82 Å². The predicted molar refractivity (Wildman–Crippen MR) is 85.1 cm³/mol. The SMILES string of the molecule is C[Si](C)(C)c1cccc(Pc2ccccc2F)c1O. The Bertz CT molecular complexity index is 593. The zero-order chi connectivity index (χ0) is 14.0. The zero-order valence-corrected chi connectivity index (χ0v) is 13.4. The molecule has 1 N–H and O–H groups in total. The van der Waals surface area contributed by atoms with Crippen molar-refractivity contribution in [3.63, 3.8) is 0 Å². The highest BCUT2D eigenvalue weighted by molar-refractivity contribution is 7.55. The van der Waals surface area contributed by atoms with Crippen molar-refractivity contribution in [2.75, 3.05) is 0 Å². The molecular formula is C15H18FOPSi. The van der Waals surface area contributed by atoms with Gasteiger partial charge in [0.25, 0.3) is 0 Å². The molecule has 0 aromatic heterocycles. The van der Waals surface area contributed by atoms with Gasteiger partial charge in [0.1, 0.15) is 11.6 Å². The fourth-order valence-electron chi connectivity index (χ4n) is 1.96. The summed E-state index contributed by atoms with van der Waals surface area (Å²) in [6.07, 6.45) is 0. The number of hydrogen-bond acceptors (Lipinski definition) is 1. The van der Waals surface area contributed by atoms with Crippen LogP contribution in [0.4, 0.5) is 4.39 Å². The van der Waals surface area contributed by atoms with Crippen molar-refractivity contribution >= 4 is 32.5 Å². The van der Waals surface area contributed by atoms with E-state index in [2.05, 4.69) is 19.6 Å². The van der Waals surface area contributed by atoms with E-state index in [1.165, 1.54) is 6.07 Å². The van der Waals surface area contributed by atoms with Gasteiger partial charge in [-0.05, 0) is 11.3 Å². The van der Waals surface area contributed by atoms with E-state index in [4.69, 9.17) is 0 Å². The first kappa shape index (κ1) is 14.2. The standard InChI is InChI=1S/C15H18FOPSi/c1-19(2,3)14-10-6-9-13(15(14)17)18-12-8-5-4-7-11(12)16/h4-10,17-18H,1-3H3. The first-order valence-corrected chi connectivity index (χ1v) is 10.7. The number of rotatable bonds is 3. The topological polar surface area (TPSA) is 20.2 Å². The van der Waals surface area contributed by atoms with Crippen LogP contribution in [0.15, 0.2) is 42.5 Å². The van der Waals surface area contributed by atoms with Crippen LogP contribution in [0.2, 0.25) is 19.6 Å². The Balaban J connectivity index is 2.40. The van der Waals surface area contributed by atoms with E-state index in [9.17, 15) is 9.50 Å². The number of hydrogen-bond donors (Lipinski definition) is 1. The van der Waals surface area contributed by atoms with Crippen molar-refractivity contribution in [2.45, 2.75) is 19.6 Å². The molecule has 0 aliphatic heterocycles. The number of para-hydroxylation sites is 1. The summed E-state index contributed by atoms with van der Waals surface area (Å²) in [5.41, 5.74) is 0. The van der Waals surface area contributed by atoms with Crippen LogP contribution in [0.3, 0.4) is 0 Å². The summed E-state index contributed by atoms with van der Waals surface area (Å²) in [6.45, 7) is 6.58. The molecule has 4 heteroatoms. The normalized spacial score (nSPS) is 12.2. The molecule has 0 aliphatic rings. The number of phenols is 1. The third-order valence-corrected chi connectivity index (χ3v) is 6.35. The fourth-order valence-corrected chi connectivity index (χ4v) is 4.63. The van der Waals surface area contributed by atoms with Gasteiger partial charge < -0.3 is 5.11 Å². The van der Waals surface area contributed by atoms with Crippen molar-refractivity contribution in [2.24, 2.45) is 0 Å². The lowest BCUT2D eigenvalue weighted by Gasteiger charge is -2.20. The molecule has 1 atom stereocenters. The second kappa shape index (κ2) is 5.44. The average Bonchev–Trinajstić information content (AvgIpc) is 2.33. The highest BCUT2D eigenvalue weighted by Gasteiger charge is 2.22. The molecule has 0 spiro atoms. The molecule has 2 aromatic carbocycles. The van der Waals surface area contributed by atoms with Crippen molar-refractivity contribution in [3.05, 3.63) is 48.3 Å². The molecule has 0 fully saturated rings. The van der Waals surface area contributed by atoms with Crippen LogP contribution < -0.4 is 15.8 Å². The molecule has 100 valence electrons. The first-order chi connectivity index (χ1) is 8.89. The monoisotopic (exact) mass is 292 g/mol. The van der Waals surface area contributed by atoms with Crippen molar-refractivity contribution in [3.8, 4) is 5.75 Å². The molecule has 0 bridgehead atoms. The van der Waals surface area contributed by atoms with E-state index in [0.717, 1.165) is 10.5 Å². The molecule has 1 nitrogen and oxygen atoms in total. The van der Waals surface area contributed by atoms with Gasteiger partial charge in [0.15, 0.2) is 0 Å². The van der Waals surface area contributed by atoms with Gasteiger partial charge in [-0.1, -0.05) is 64.6 Å². The summed E-state index contributed by atoms with van der Waals surface area (Å²) in [4.78, 5) is 0. The largest absolute Gasteiger partial charge is 0.507 e. The highest BCUT2D eigenvalue weighted by Crippen LogP contribution is 2.20. The molecule has 0 saturated heterocycles. The second-order valence-electron chi connectivity index (χ2n) is 5.56. The van der Waals surface area contributed by atoms with Gasteiger partial charge >= 0.3 is 0 Å². The minimum Gasteiger partial charge on any atom is -0.507 e. The Labute approximate surface area is 116 Å². The second-order valence-corrected chi connectivity index (χ2v) is 11.9. The average molecular weight is 292 g/mol. The lowest BCUT2D eigenvalue weighted by atomic mass is 10.3. The van der Waals surface area contributed by atoms with Crippen LogP contribution in [0.5, 0.6) is 5.75 Å². The van der Waals surface area contributed by atoms with E-state index < -0.39 is 8.07 Å². The van der Waals surface area contributed by atoms with Crippen LogP contribution >= 0.6 is 8.58 Å². The smallest absolute Gasteiger partial charge is 0.130 e. The molecule has 1 unspecified atom stereocenters. The van der Waals surface area contributed by atoms with E-state index in [1.807, 2.05) is 24.3 Å². The van der Waals surface area contributed by atoms with Gasteiger partial charge in [-0.25, -0.2) is 4.39 Å². The van der Waals surface area contributed by atoms with E-state index in [-0.39, 0.29) is 14.4 Å². The molecule has 19 heavy (non-hydrogen) atoms. The maximum Gasteiger partial charge on any atom is 0.130 e.